The largest absolute Gasteiger partial charge is 0.351 e. The Hall–Kier alpha value is -0.950. The van der Waals surface area contributed by atoms with Gasteiger partial charge in [-0.3, -0.25) is 14.9 Å². The van der Waals surface area contributed by atoms with Crippen molar-refractivity contribution in [3.05, 3.63) is 25.5 Å². The van der Waals surface area contributed by atoms with E-state index < -0.39 is 4.92 Å². The Kier molecular flexibility index (Phi) is 4.22. The Morgan fingerprint density at radius 3 is 2.87 bits per heavy atom. The van der Waals surface area contributed by atoms with Crippen LogP contribution in [0.15, 0.2) is 10.5 Å². The molecule has 0 spiro atoms. The van der Waals surface area contributed by atoms with Crippen LogP contribution in [0.4, 0.5) is 5.00 Å². The van der Waals surface area contributed by atoms with Gasteiger partial charge in [-0.15, -0.1) is 0 Å². The van der Waals surface area contributed by atoms with Crippen molar-refractivity contribution in [1.82, 2.24) is 5.32 Å². The smallest absolute Gasteiger partial charge is 0.338 e. The Bertz CT molecular complexity index is 391. The van der Waals surface area contributed by atoms with Gasteiger partial charge in [0.2, 0.25) is 0 Å². The van der Waals surface area contributed by atoms with Crippen molar-refractivity contribution >= 4 is 38.2 Å². The van der Waals surface area contributed by atoms with Crippen molar-refractivity contribution in [2.24, 2.45) is 0 Å². The van der Waals surface area contributed by atoms with Crippen LogP contribution in [-0.4, -0.2) is 17.4 Å². The van der Waals surface area contributed by atoms with E-state index in [0.717, 1.165) is 17.8 Å². The van der Waals surface area contributed by atoms with Gasteiger partial charge < -0.3 is 5.32 Å². The van der Waals surface area contributed by atoms with Gasteiger partial charge in [0.25, 0.3) is 5.91 Å². The minimum absolute atomic E-state index is 0.0448. The summed E-state index contributed by atoms with van der Waals surface area (Å²) in [5, 5.41) is 13.1. The molecule has 0 aliphatic rings. The van der Waals surface area contributed by atoms with Gasteiger partial charge in [-0.05, 0) is 28.4 Å². The van der Waals surface area contributed by atoms with Gasteiger partial charge in [0.05, 0.1) is 9.80 Å². The molecule has 82 valence electrons. The highest BCUT2D eigenvalue weighted by atomic mass is 79.9. The number of nitro groups is 1. The lowest BCUT2D eigenvalue weighted by Gasteiger charge is -1.98. The maximum atomic E-state index is 11.4. The van der Waals surface area contributed by atoms with E-state index >= 15 is 0 Å². The van der Waals surface area contributed by atoms with Crippen LogP contribution in [0.3, 0.4) is 0 Å². The zero-order valence-corrected chi connectivity index (χ0v) is 10.4. The summed E-state index contributed by atoms with van der Waals surface area (Å²) in [5.74, 6) is -0.268. The van der Waals surface area contributed by atoms with E-state index in [9.17, 15) is 14.9 Å². The average molecular weight is 293 g/mol. The number of nitrogens with zero attached hydrogens (tertiary/aromatic N) is 1. The number of rotatable bonds is 4. The lowest BCUT2D eigenvalue weighted by molar-refractivity contribution is -0.380. The highest BCUT2D eigenvalue weighted by molar-refractivity contribution is 9.10. The highest BCUT2D eigenvalue weighted by Gasteiger charge is 2.20. The fourth-order valence-corrected chi connectivity index (χ4v) is 2.47. The Morgan fingerprint density at radius 2 is 2.40 bits per heavy atom. The lowest BCUT2D eigenvalue weighted by Crippen LogP contribution is -2.22. The van der Waals surface area contributed by atoms with Crippen molar-refractivity contribution in [2.75, 3.05) is 6.54 Å². The number of carbonyl (C=O) groups is 1. The molecule has 0 aromatic carbocycles. The topological polar surface area (TPSA) is 72.2 Å². The van der Waals surface area contributed by atoms with Crippen LogP contribution in [0.2, 0.25) is 0 Å². The fraction of sp³-hybridized carbons (Fsp3) is 0.375. The van der Waals surface area contributed by atoms with Gasteiger partial charge in [0.15, 0.2) is 0 Å². The van der Waals surface area contributed by atoms with Gasteiger partial charge >= 0.3 is 5.00 Å². The molecule has 1 N–H and O–H groups in total. The predicted molar refractivity (Wildman–Crippen MR) is 61.3 cm³/mol. The maximum absolute atomic E-state index is 11.4. The minimum Gasteiger partial charge on any atom is -0.351 e. The summed E-state index contributed by atoms with van der Waals surface area (Å²) in [6.07, 6.45) is 0.834. The molecule has 0 saturated heterocycles. The molecule has 0 saturated carbocycles. The number of carbonyl (C=O) groups excluding carboxylic acids is 1. The van der Waals surface area contributed by atoms with Gasteiger partial charge in [-0.1, -0.05) is 18.3 Å². The third kappa shape index (κ3) is 3.00. The molecule has 5 nitrogen and oxygen atoms in total. The van der Waals surface area contributed by atoms with Gasteiger partial charge in [0, 0.05) is 6.54 Å². The second kappa shape index (κ2) is 5.22. The van der Waals surface area contributed by atoms with Crippen molar-refractivity contribution in [1.29, 1.82) is 0 Å². The SMILES string of the molecule is CCCNC(=O)c1cc(Br)c([N+](=O)[O-])s1. The van der Waals surface area contributed by atoms with Crippen LogP contribution in [0, 0.1) is 10.1 Å². The van der Waals surface area contributed by atoms with Crippen molar-refractivity contribution < 1.29 is 9.72 Å². The van der Waals surface area contributed by atoms with Crippen LogP contribution >= 0.6 is 27.3 Å². The second-order valence-electron chi connectivity index (χ2n) is 2.78. The number of amides is 1. The molecule has 0 bridgehead atoms. The summed E-state index contributed by atoms with van der Waals surface area (Å²) in [6, 6.07) is 1.47. The summed E-state index contributed by atoms with van der Waals surface area (Å²) in [4.78, 5) is 21.8. The molecule has 0 atom stereocenters. The number of halogens is 1. The summed E-state index contributed by atoms with van der Waals surface area (Å²) < 4.78 is 0.346. The van der Waals surface area contributed by atoms with E-state index in [-0.39, 0.29) is 10.9 Å². The summed E-state index contributed by atoms with van der Waals surface area (Å²) in [6.45, 7) is 2.51. The molecular weight excluding hydrogens is 284 g/mol. The van der Waals surface area contributed by atoms with Gasteiger partial charge in [-0.2, -0.15) is 0 Å². The molecule has 0 aliphatic heterocycles. The van der Waals surface area contributed by atoms with Gasteiger partial charge in [-0.25, -0.2) is 0 Å². The summed E-state index contributed by atoms with van der Waals surface area (Å²) in [7, 11) is 0. The van der Waals surface area contributed by atoms with E-state index in [1.165, 1.54) is 6.07 Å². The van der Waals surface area contributed by atoms with Crippen LogP contribution in [0.5, 0.6) is 0 Å². The average Bonchev–Trinajstić information content (AvgIpc) is 2.56. The molecule has 1 rings (SSSR count). The molecule has 0 fully saturated rings. The molecule has 0 unspecified atom stereocenters. The highest BCUT2D eigenvalue weighted by Crippen LogP contribution is 2.34. The molecule has 1 aromatic rings. The Morgan fingerprint density at radius 1 is 1.73 bits per heavy atom. The fourth-order valence-electron chi connectivity index (χ4n) is 0.921. The number of nitrogens with one attached hydrogen (secondary N) is 1. The van der Waals surface area contributed by atoms with E-state index in [0.29, 0.717) is 15.9 Å². The van der Waals surface area contributed by atoms with Crippen molar-refractivity contribution in [3.63, 3.8) is 0 Å². The van der Waals surface area contributed by atoms with Crippen LogP contribution in [-0.2, 0) is 0 Å². The number of hydrogen-bond acceptors (Lipinski definition) is 4. The summed E-state index contributed by atoms with van der Waals surface area (Å²) >= 11 is 3.91. The van der Waals surface area contributed by atoms with E-state index in [1.54, 1.807) is 0 Å². The molecule has 1 aromatic heterocycles. The summed E-state index contributed by atoms with van der Waals surface area (Å²) in [5.41, 5.74) is 0. The number of thiophene rings is 1. The molecule has 1 amide bonds. The van der Waals surface area contributed by atoms with E-state index in [2.05, 4.69) is 21.2 Å². The van der Waals surface area contributed by atoms with E-state index in [4.69, 9.17) is 0 Å². The molecule has 7 heteroatoms. The molecule has 15 heavy (non-hydrogen) atoms. The quantitative estimate of drug-likeness (QED) is 0.685. The van der Waals surface area contributed by atoms with Crippen LogP contribution < -0.4 is 5.32 Å². The Balaban J connectivity index is 2.83. The third-order valence-electron chi connectivity index (χ3n) is 1.59. The zero-order chi connectivity index (χ0) is 11.4. The molecule has 0 aliphatic carbocycles. The standard InChI is InChI=1S/C8H9BrN2O3S/c1-2-3-10-7(12)6-4-5(9)8(15-6)11(13)14/h4H,2-3H2,1H3,(H,10,12). The Labute approximate surface area is 98.8 Å². The third-order valence-corrected chi connectivity index (χ3v) is 3.55. The van der Waals surface area contributed by atoms with Crippen molar-refractivity contribution in [3.8, 4) is 0 Å². The predicted octanol–water partition coefficient (Wildman–Crippen LogP) is 2.56. The second-order valence-corrected chi connectivity index (χ2v) is 4.66. The molecule has 1 heterocycles. The first-order valence-electron chi connectivity index (χ1n) is 4.28. The van der Waals surface area contributed by atoms with Crippen molar-refractivity contribution in [2.45, 2.75) is 13.3 Å². The maximum Gasteiger partial charge on any atom is 0.338 e. The van der Waals surface area contributed by atoms with Gasteiger partial charge in [0.1, 0.15) is 4.47 Å². The lowest BCUT2D eigenvalue weighted by atomic mass is 10.4. The zero-order valence-electron chi connectivity index (χ0n) is 7.95. The monoisotopic (exact) mass is 292 g/mol. The molecular formula is C8H9BrN2O3S. The number of hydrogen-bond donors (Lipinski definition) is 1. The first kappa shape index (κ1) is 12.1. The minimum atomic E-state index is -0.509. The van der Waals surface area contributed by atoms with Crippen LogP contribution in [0.1, 0.15) is 23.0 Å². The van der Waals surface area contributed by atoms with Crippen LogP contribution in [0.25, 0.3) is 0 Å². The molecule has 0 radical (unpaired) electrons. The van der Waals surface area contributed by atoms with E-state index in [1.807, 2.05) is 6.92 Å². The normalized spacial score (nSPS) is 10.0. The first-order valence-corrected chi connectivity index (χ1v) is 5.89. The first-order chi connectivity index (χ1) is 7.06.